The summed E-state index contributed by atoms with van der Waals surface area (Å²) in [7, 11) is 0. The molecule has 3 fully saturated rings. The number of Topliss-reactive ketones (excluding diaryl/α,β-unsaturated/α-hetero) is 1. The number of benzene rings is 1. The zero-order valence-electron chi connectivity index (χ0n) is 21.6. The Morgan fingerprint density at radius 1 is 1.06 bits per heavy atom. The van der Waals surface area contributed by atoms with Gasteiger partial charge in [-0.3, -0.25) is 9.59 Å². The third kappa shape index (κ3) is 3.62. The molecule has 6 rings (SSSR count). The number of esters is 1. The maximum absolute atomic E-state index is 13.9. The molecule has 0 aliphatic heterocycles. The van der Waals surface area contributed by atoms with Crippen molar-refractivity contribution in [2.75, 3.05) is 0 Å². The van der Waals surface area contributed by atoms with Crippen molar-refractivity contribution < 1.29 is 14.3 Å². The van der Waals surface area contributed by atoms with Gasteiger partial charge in [-0.1, -0.05) is 43.7 Å². The van der Waals surface area contributed by atoms with Crippen LogP contribution in [0.15, 0.2) is 59.8 Å². The molecular formula is C31H36N2O3. The van der Waals surface area contributed by atoms with E-state index in [4.69, 9.17) is 4.74 Å². The highest BCUT2D eigenvalue weighted by molar-refractivity contribution is 6.05. The molecule has 0 amide bonds. The quantitative estimate of drug-likeness (QED) is 0.290. The summed E-state index contributed by atoms with van der Waals surface area (Å²) in [6.45, 7) is 6.18. The Labute approximate surface area is 213 Å². The van der Waals surface area contributed by atoms with Crippen LogP contribution in [0.4, 0.5) is 0 Å². The largest absolute Gasteiger partial charge is 0.462 e. The van der Waals surface area contributed by atoms with Crippen LogP contribution in [-0.2, 0) is 14.3 Å². The van der Waals surface area contributed by atoms with Crippen molar-refractivity contribution in [3.05, 3.63) is 65.5 Å². The summed E-state index contributed by atoms with van der Waals surface area (Å²) in [5.74, 6) is 1.66. The summed E-state index contributed by atoms with van der Waals surface area (Å²) in [6, 6.07) is 12.1. The molecule has 2 aromatic rings. The minimum Gasteiger partial charge on any atom is -0.462 e. The molecule has 0 bridgehead atoms. The summed E-state index contributed by atoms with van der Waals surface area (Å²) < 4.78 is 7.51. The molecule has 0 spiro atoms. The van der Waals surface area contributed by atoms with Crippen LogP contribution in [0.2, 0.25) is 0 Å². The van der Waals surface area contributed by atoms with E-state index in [-0.39, 0.29) is 22.9 Å². The molecule has 1 aromatic carbocycles. The molecular weight excluding hydrogens is 448 g/mol. The molecule has 0 saturated heterocycles. The number of carbonyl (C=O) groups is 2. The van der Waals surface area contributed by atoms with Crippen molar-refractivity contribution in [1.82, 2.24) is 9.78 Å². The maximum Gasteiger partial charge on any atom is 0.302 e. The van der Waals surface area contributed by atoms with Crippen LogP contribution in [0.25, 0.3) is 11.8 Å². The number of para-hydroxylation sites is 1. The van der Waals surface area contributed by atoms with Gasteiger partial charge in [0.2, 0.25) is 0 Å². The van der Waals surface area contributed by atoms with Crippen molar-refractivity contribution in [3.63, 3.8) is 0 Å². The lowest BCUT2D eigenvalue weighted by molar-refractivity contribution is -0.148. The fraction of sp³-hybridized carbons (Fsp3) is 0.516. The van der Waals surface area contributed by atoms with Gasteiger partial charge < -0.3 is 4.74 Å². The van der Waals surface area contributed by atoms with Gasteiger partial charge in [-0.15, -0.1) is 0 Å². The van der Waals surface area contributed by atoms with Crippen LogP contribution >= 0.6 is 0 Å². The molecule has 0 radical (unpaired) electrons. The van der Waals surface area contributed by atoms with Gasteiger partial charge in [0, 0.05) is 18.8 Å². The Hall–Kier alpha value is -2.95. The zero-order valence-corrected chi connectivity index (χ0v) is 21.6. The van der Waals surface area contributed by atoms with Crippen LogP contribution in [0, 0.1) is 28.6 Å². The third-order valence-corrected chi connectivity index (χ3v) is 10.0. The predicted molar refractivity (Wildman–Crippen MR) is 139 cm³/mol. The molecule has 6 atom stereocenters. The van der Waals surface area contributed by atoms with Gasteiger partial charge in [0.1, 0.15) is 6.10 Å². The van der Waals surface area contributed by atoms with E-state index < -0.39 is 0 Å². The van der Waals surface area contributed by atoms with Gasteiger partial charge in [-0.2, -0.15) is 5.10 Å². The minimum atomic E-state index is -0.277. The lowest BCUT2D eigenvalue weighted by Gasteiger charge is -2.56. The number of allylic oxidation sites excluding steroid dienone is 2. The number of fused-ring (bicyclic) bond motifs is 5. The SMILES string of the molecule is CC(=O)O[C@H]1CC[C@@]2(C)C(=CC[C@@H]3[C@H]4C/C(=C\c5ccnn5-c5ccccc5)C(=O)[C@]4(C)CC[C@H]32)C1. The van der Waals surface area contributed by atoms with Crippen molar-refractivity contribution in [2.45, 2.75) is 71.8 Å². The highest BCUT2D eigenvalue weighted by Crippen LogP contribution is 2.64. The number of ketones is 1. The van der Waals surface area contributed by atoms with E-state index in [2.05, 4.69) is 31.1 Å². The Bertz CT molecular complexity index is 1260. The Kier molecular flexibility index (Phi) is 5.58. The molecule has 4 aliphatic carbocycles. The third-order valence-electron chi connectivity index (χ3n) is 10.0. The fourth-order valence-corrected chi connectivity index (χ4v) is 8.15. The van der Waals surface area contributed by atoms with Crippen LogP contribution < -0.4 is 0 Å². The zero-order chi connectivity index (χ0) is 25.1. The van der Waals surface area contributed by atoms with Gasteiger partial charge in [0.25, 0.3) is 0 Å². The monoisotopic (exact) mass is 484 g/mol. The normalized spacial score (nSPS) is 36.6. The van der Waals surface area contributed by atoms with E-state index in [0.717, 1.165) is 61.9 Å². The Balaban J connectivity index is 1.29. The summed E-state index contributed by atoms with van der Waals surface area (Å²) in [6.07, 6.45) is 13.2. The molecule has 0 unspecified atom stereocenters. The number of nitrogens with zero attached hydrogens (tertiary/aromatic N) is 2. The second-order valence-corrected chi connectivity index (χ2v) is 11.9. The van der Waals surface area contributed by atoms with E-state index >= 15 is 0 Å². The van der Waals surface area contributed by atoms with Crippen LogP contribution in [0.3, 0.4) is 0 Å². The van der Waals surface area contributed by atoms with Gasteiger partial charge in [-0.05, 0) is 91.5 Å². The van der Waals surface area contributed by atoms with Gasteiger partial charge in [-0.25, -0.2) is 4.68 Å². The number of hydrogen-bond acceptors (Lipinski definition) is 4. The average Bonchev–Trinajstić information content (AvgIpc) is 3.42. The van der Waals surface area contributed by atoms with E-state index in [0.29, 0.717) is 23.5 Å². The smallest absolute Gasteiger partial charge is 0.302 e. The molecule has 5 heteroatoms. The molecule has 5 nitrogen and oxygen atoms in total. The molecule has 4 aliphatic rings. The Morgan fingerprint density at radius 2 is 1.83 bits per heavy atom. The maximum atomic E-state index is 13.9. The predicted octanol–water partition coefficient (Wildman–Crippen LogP) is 6.33. The molecule has 0 N–H and O–H groups in total. The van der Waals surface area contributed by atoms with E-state index in [9.17, 15) is 9.59 Å². The summed E-state index contributed by atoms with van der Waals surface area (Å²) in [5.41, 5.74) is 4.29. The highest BCUT2D eigenvalue weighted by atomic mass is 16.5. The topological polar surface area (TPSA) is 61.2 Å². The van der Waals surface area contributed by atoms with Gasteiger partial charge in [0.15, 0.2) is 5.78 Å². The van der Waals surface area contributed by atoms with Crippen LogP contribution in [0.5, 0.6) is 0 Å². The average molecular weight is 485 g/mol. The van der Waals surface area contributed by atoms with E-state index in [1.165, 1.54) is 12.5 Å². The van der Waals surface area contributed by atoms with Crippen LogP contribution in [-0.4, -0.2) is 27.6 Å². The number of hydrogen-bond donors (Lipinski definition) is 0. The molecule has 1 heterocycles. The summed E-state index contributed by atoms with van der Waals surface area (Å²) in [4.78, 5) is 25.4. The first kappa shape index (κ1) is 23.4. The first-order valence-electron chi connectivity index (χ1n) is 13.5. The standard InChI is InChI=1S/C31H36N2O3/c1-20(34)36-25-11-14-30(2)22(19-25)9-10-26-27(30)12-15-31(3)28(26)18-21(29(31)35)17-24-13-16-32-33(24)23-7-5-4-6-8-23/h4-9,13,16-17,25-28H,10-12,14-15,18-19H2,1-3H3/b21-17+/t25-,26-,27+,28+,30-,31+/m0/s1. The number of carbonyl (C=O) groups excluding carboxylic acids is 2. The molecule has 1 aromatic heterocycles. The minimum absolute atomic E-state index is 0.0179. The van der Waals surface area contributed by atoms with Gasteiger partial charge in [0.05, 0.1) is 17.6 Å². The lowest BCUT2D eigenvalue weighted by atomic mass is 9.48. The van der Waals surface area contributed by atoms with Crippen molar-refractivity contribution in [3.8, 4) is 5.69 Å². The Morgan fingerprint density at radius 3 is 2.61 bits per heavy atom. The van der Waals surface area contributed by atoms with E-state index in [1.54, 1.807) is 0 Å². The van der Waals surface area contributed by atoms with Crippen molar-refractivity contribution in [1.29, 1.82) is 0 Å². The summed E-state index contributed by atoms with van der Waals surface area (Å²) in [5, 5.41) is 4.53. The highest BCUT2D eigenvalue weighted by Gasteiger charge is 2.60. The van der Waals surface area contributed by atoms with E-state index in [1.807, 2.05) is 47.3 Å². The second kappa shape index (κ2) is 8.57. The number of aromatic nitrogens is 2. The number of rotatable bonds is 3. The summed E-state index contributed by atoms with van der Waals surface area (Å²) >= 11 is 0. The van der Waals surface area contributed by atoms with Crippen molar-refractivity contribution in [2.24, 2.45) is 28.6 Å². The molecule has 36 heavy (non-hydrogen) atoms. The molecule has 3 saturated carbocycles. The first-order valence-corrected chi connectivity index (χ1v) is 13.5. The second-order valence-electron chi connectivity index (χ2n) is 11.9. The lowest BCUT2D eigenvalue weighted by Crippen LogP contribution is -2.50. The number of ether oxygens (including phenoxy) is 1. The van der Waals surface area contributed by atoms with Gasteiger partial charge >= 0.3 is 5.97 Å². The van der Waals surface area contributed by atoms with Crippen LogP contribution in [0.1, 0.15) is 71.4 Å². The van der Waals surface area contributed by atoms with Crippen molar-refractivity contribution >= 4 is 17.8 Å². The fourth-order valence-electron chi connectivity index (χ4n) is 8.15. The molecule has 188 valence electrons. The first-order chi connectivity index (χ1) is 17.3.